The van der Waals surface area contributed by atoms with Gasteiger partial charge in [-0.1, -0.05) is 6.92 Å². The highest BCUT2D eigenvalue weighted by molar-refractivity contribution is 5.70. The van der Waals surface area contributed by atoms with Gasteiger partial charge in [0.25, 0.3) is 0 Å². The van der Waals surface area contributed by atoms with Crippen LogP contribution < -0.4 is 5.32 Å². The van der Waals surface area contributed by atoms with Gasteiger partial charge in [0.2, 0.25) is 0 Å². The lowest BCUT2D eigenvalue weighted by Crippen LogP contribution is -2.36. The topological polar surface area (TPSA) is 38.3 Å². The Morgan fingerprint density at radius 3 is 3.18 bits per heavy atom. The average molecular weight is 155 g/mol. The Labute approximate surface area is 66.1 Å². The van der Waals surface area contributed by atoms with Crippen LogP contribution in [0, 0.1) is 5.92 Å². The highest BCUT2D eigenvalue weighted by Crippen LogP contribution is 2.29. The fourth-order valence-electron chi connectivity index (χ4n) is 1.95. The van der Waals surface area contributed by atoms with Crippen LogP contribution in [0.3, 0.4) is 0 Å². The van der Waals surface area contributed by atoms with Crippen LogP contribution in [0.15, 0.2) is 0 Å². The molecule has 0 bridgehead atoms. The Balaban J connectivity index is 2.02. The molecule has 11 heavy (non-hydrogen) atoms. The van der Waals surface area contributed by atoms with Crippen molar-refractivity contribution in [2.24, 2.45) is 5.92 Å². The van der Waals surface area contributed by atoms with Crippen LogP contribution >= 0.6 is 0 Å². The van der Waals surface area contributed by atoms with Gasteiger partial charge >= 0.3 is 6.09 Å². The van der Waals surface area contributed by atoms with E-state index in [1.807, 2.05) is 0 Å². The van der Waals surface area contributed by atoms with E-state index in [2.05, 4.69) is 12.2 Å². The summed E-state index contributed by atoms with van der Waals surface area (Å²) in [7, 11) is 0. The van der Waals surface area contributed by atoms with Crippen molar-refractivity contribution in [3.05, 3.63) is 0 Å². The van der Waals surface area contributed by atoms with E-state index >= 15 is 0 Å². The zero-order valence-corrected chi connectivity index (χ0v) is 6.67. The van der Waals surface area contributed by atoms with Crippen LogP contribution in [0.2, 0.25) is 0 Å². The molecule has 0 aromatic heterocycles. The normalized spacial score (nSPS) is 42.6. The van der Waals surface area contributed by atoms with E-state index in [-0.39, 0.29) is 12.2 Å². The fraction of sp³-hybridized carbons (Fsp3) is 0.875. The predicted molar refractivity (Wildman–Crippen MR) is 40.2 cm³/mol. The molecule has 2 rings (SSSR count). The highest BCUT2D eigenvalue weighted by Gasteiger charge is 2.37. The molecule has 0 aromatic carbocycles. The van der Waals surface area contributed by atoms with Crippen LogP contribution in [0.25, 0.3) is 0 Å². The molecule has 3 nitrogen and oxygen atoms in total. The van der Waals surface area contributed by atoms with Gasteiger partial charge in [0, 0.05) is 0 Å². The molecule has 1 aliphatic heterocycles. The Hall–Kier alpha value is -0.730. The Kier molecular flexibility index (Phi) is 1.51. The van der Waals surface area contributed by atoms with Gasteiger partial charge < -0.3 is 10.1 Å². The molecule has 1 N–H and O–H groups in total. The molecular formula is C8H13NO2. The molecule has 3 heteroatoms. The van der Waals surface area contributed by atoms with E-state index < -0.39 is 0 Å². The van der Waals surface area contributed by atoms with Gasteiger partial charge in [0.05, 0.1) is 6.04 Å². The van der Waals surface area contributed by atoms with Gasteiger partial charge in [0.15, 0.2) is 0 Å². The van der Waals surface area contributed by atoms with Crippen molar-refractivity contribution < 1.29 is 9.53 Å². The van der Waals surface area contributed by atoms with Crippen molar-refractivity contribution in [2.75, 3.05) is 0 Å². The zero-order valence-electron chi connectivity index (χ0n) is 6.67. The maximum Gasteiger partial charge on any atom is 0.407 e. The highest BCUT2D eigenvalue weighted by atomic mass is 16.6. The largest absolute Gasteiger partial charge is 0.444 e. The first-order valence-corrected chi connectivity index (χ1v) is 4.23. The number of carbonyl (C=O) groups excluding carboxylic acids is 1. The zero-order chi connectivity index (χ0) is 7.84. The maximum atomic E-state index is 10.8. The van der Waals surface area contributed by atoms with E-state index in [4.69, 9.17) is 4.74 Å². The first kappa shape index (κ1) is 6.95. The van der Waals surface area contributed by atoms with E-state index in [1.54, 1.807) is 0 Å². The SMILES string of the molecule is CC1CCC2NC(=O)OC2C1. The molecule has 1 amide bonds. The molecule has 1 saturated heterocycles. The predicted octanol–water partition coefficient (Wildman–Crippen LogP) is 1.28. The molecular weight excluding hydrogens is 142 g/mol. The number of nitrogens with one attached hydrogen (secondary N) is 1. The monoisotopic (exact) mass is 155 g/mol. The molecule has 3 atom stereocenters. The Bertz CT molecular complexity index is 181. The maximum absolute atomic E-state index is 10.8. The first-order valence-electron chi connectivity index (χ1n) is 4.23. The lowest BCUT2D eigenvalue weighted by molar-refractivity contribution is 0.0977. The summed E-state index contributed by atoms with van der Waals surface area (Å²) in [5.41, 5.74) is 0. The van der Waals surface area contributed by atoms with E-state index in [0.717, 1.165) is 12.8 Å². The Morgan fingerprint density at radius 2 is 2.36 bits per heavy atom. The lowest BCUT2D eigenvalue weighted by Gasteiger charge is -2.26. The number of rotatable bonds is 0. The molecule has 1 heterocycles. The van der Waals surface area contributed by atoms with Crippen molar-refractivity contribution in [1.29, 1.82) is 0 Å². The summed E-state index contributed by atoms with van der Waals surface area (Å²) < 4.78 is 5.09. The standard InChI is InChI=1S/C8H13NO2/c1-5-2-3-6-7(4-5)11-8(10)9-6/h5-7H,2-4H2,1H3,(H,9,10). The van der Waals surface area contributed by atoms with Crippen LogP contribution in [0.5, 0.6) is 0 Å². The molecule has 2 aliphatic rings. The summed E-state index contributed by atoms with van der Waals surface area (Å²) in [5, 5.41) is 2.82. The second-order valence-electron chi connectivity index (χ2n) is 3.61. The van der Waals surface area contributed by atoms with Crippen molar-refractivity contribution in [1.82, 2.24) is 5.32 Å². The number of amides is 1. The average Bonchev–Trinajstić information content (AvgIpc) is 2.27. The van der Waals surface area contributed by atoms with Crippen LogP contribution in [0.1, 0.15) is 26.2 Å². The summed E-state index contributed by atoms with van der Waals surface area (Å²) >= 11 is 0. The number of hydrogen-bond donors (Lipinski definition) is 1. The summed E-state index contributed by atoms with van der Waals surface area (Å²) in [4.78, 5) is 10.8. The molecule has 62 valence electrons. The molecule has 0 radical (unpaired) electrons. The van der Waals surface area contributed by atoms with Gasteiger partial charge in [-0.25, -0.2) is 4.79 Å². The van der Waals surface area contributed by atoms with Gasteiger partial charge in [-0.15, -0.1) is 0 Å². The molecule has 2 fully saturated rings. The third-order valence-corrected chi connectivity index (χ3v) is 2.62. The molecule has 1 saturated carbocycles. The van der Waals surface area contributed by atoms with Crippen molar-refractivity contribution in [2.45, 2.75) is 38.3 Å². The third kappa shape index (κ3) is 1.19. The van der Waals surface area contributed by atoms with Gasteiger partial charge in [-0.05, 0) is 25.2 Å². The minimum Gasteiger partial charge on any atom is -0.444 e. The number of alkyl carbamates (subject to hydrolysis) is 1. The first-order chi connectivity index (χ1) is 5.25. The van der Waals surface area contributed by atoms with Crippen molar-refractivity contribution in [3.8, 4) is 0 Å². The number of ether oxygens (including phenoxy) is 1. The quantitative estimate of drug-likeness (QED) is 0.572. The number of hydrogen-bond acceptors (Lipinski definition) is 2. The summed E-state index contributed by atoms with van der Waals surface area (Å²) in [6.07, 6.45) is 3.26. The molecule has 0 aromatic rings. The molecule has 3 unspecified atom stereocenters. The molecule has 1 aliphatic carbocycles. The minimum absolute atomic E-state index is 0.159. The number of carbonyl (C=O) groups is 1. The molecule has 0 spiro atoms. The van der Waals surface area contributed by atoms with Crippen LogP contribution in [0.4, 0.5) is 4.79 Å². The van der Waals surface area contributed by atoms with Gasteiger partial charge in [-0.2, -0.15) is 0 Å². The lowest BCUT2D eigenvalue weighted by atomic mass is 9.86. The minimum atomic E-state index is -0.228. The van der Waals surface area contributed by atoms with E-state index in [0.29, 0.717) is 12.0 Å². The second kappa shape index (κ2) is 2.40. The number of fused-ring (bicyclic) bond motifs is 1. The van der Waals surface area contributed by atoms with E-state index in [9.17, 15) is 4.79 Å². The third-order valence-electron chi connectivity index (χ3n) is 2.62. The smallest absolute Gasteiger partial charge is 0.407 e. The van der Waals surface area contributed by atoms with Crippen molar-refractivity contribution >= 4 is 6.09 Å². The van der Waals surface area contributed by atoms with Crippen LogP contribution in [-0.2, 0) is 4.74 Å². The van der Waals surface area contributed by atoms with Crippen LogP contribution in [-0.4, -0.2) is 18.2 Å². The van der Waals surface area contributed by atoms with Gasteiger partial charge in [0.1, 0.15) is 6.10 Å². The summed E-state index contributed by atoms with van der Waals surface area (Å²) in [6, 6.07) is 0.304. The van der Waals surface area contributed by atoms with Crippen molar-refractivity contribution in [3.63, 3.8) is 0 Å². The summed E-state index contributed by atoms with van der Waals surface area (Å²) in [6.45, 7) is 2.21. The van der Waals surface area contributed by atoms with E-state index in [1.165, 1.54) is 6.42 Å². The second-order valence-corrected chi connectivity index (χ2v) is 3.61. The summed E-state index contributed by atoms with van der Waals surface area (Å²) in [5.74, 6) is 0.712. The van der Waals surface area contributed by atoms with Gasteiger partial charge in [-0.3, -0.25) is 0 Å². The fourth-order valence-corrected chi connectivity index (χ4v) is 1.95. The Morgan fingerprint density at radius 1 is 1.55 bits per heavy atom.